The normalized spacial score (nSPS) is 13.0. The van der Waals surface area contributed by atoms with Crippen LogP contribution < -0.4 is 5.32 Å². The molecule has 0 aliphatic rings. The van der Waals surface area contributed by atoms with Gasteiger partial charge in [0.1, 0.15) is 5.75 Å². The number of carbonyl (C=O) groups is 1. The smallest absolute Gasteiger partial charge is 0.353 e. The average molecular weight is 397 g/mol. The molecule has 7 heteroatoms. The van der Waals surface area contributed by atoms with Gasteiger partial charge in [0, 0.05) is 12.2 Å². The highest BCUT2D eigenvalue weighted by atomic mass is 31.2. The molecule has 0 spiro atoms. The van der Waals surface area contributed by atoms with Crippen molar-refractivity contribution in [3.63, 3.8) is 0 Å². The van der Waals surface area contributed by atoms with Gasteiger partial charge in [0.15, 0.2) is 0 Å². The maximum absolute atomic E-state index is 12.6. The molecule has 0 unspecified atom stereocenters. The van der Waals surface area contributed by atoms with E-state index in [0.717, 1.165) is 24.8 Å². The van der Waals surface area contributed by atoms with Gasteiger partial charge in [-0.15, -0.1) is 0 Å². The van der Waals surface area contributed by atoms with E-state index < -0.39 is 7.60 Å². The first-order chi connectivity index (χ1) is 12.9. The Labute approximate surface area is 162 Å². The van der Waals surface area contributed by atoms with Crippen LogP contribution in [0.1, 0.15) is 52.0 Å². The lowest BCUT2D eigenvalue weighted by Gasteiger charge is -2.18. The number of hydrogen-bond acceptors (Lipinski definition) is 5. The molecule has 1 rings (SSSR count). The van der Waals surface area contributed by atoms with Crippen LogP contribution in [0.4, 0.5) is 0 Å². The summed E-state index contributed by atoms with van der Waals surface area (Å²) in [5, 5.41) is 12.4. The number of rotatable bonds is 13. The van der Waals surface area contributed by atoms with Crippen molar-refractivity contribution in [2.45, 2.75) is 58.9 Å². The summed E-state index contributed by atoms with van der Waals surface area (Å²) in [5.41, 5.74) is 0.943. The van der Waals surface area contributed by atoms with Gasteiger partial charge in [0.25, 0.3) is 0 Å². The molecule has 0 aromatic heterocycles. The minimum absolute atomic E-state index is 0.0421. The number of unbranched alkanes of at least 4 members (excludes halogenated alkanes) is 2. The monoisotopic (exact) mass is 397 g/mol. The molecule has 0 saturated carbocycles. The number of benzene rings is 1. The van der Waals surface area contributed by atoms with E-state index in [1.807, 2.05) is 0 Å². The minimum Gasteiger partial charge on any atom is -0.508 e. The Bertz CT molecular complexity index is 620. The molecule has 0 bridgehead atoms. The van der Waals surface area contributed by atoms with Gasteiger partial charge in [-0.05, 0) is 44.4 Å². The summed E-state index contributed by atoms with van der Waals surface area (Å²) in [4.78, 5) is 12.2. The van der Waals surface area contributed by atoms with Crippen LogP contribution in [0.25, 0.3) is 0 Å². The van der Waals surface area contributed by atoms with Gasteiger partial charge >= 0.3 is 7.60 Å². The maximum Gasteiger partial charge on any atom is 0.353 e. The standard InChI is InChI=1S/C20H32NO5P/c1-4-7-8-9-20(23)21-18(16-17-10-12-19(22)13-11-17)14-15-27(24,25-5-2)26-6-3/h10-15,18,22H,4-9,16H2,1-3H3,(H,21,23)/t18-/m0/s1. The molecule has 0 saturated heterocycles. The molecule has 0 radical (unpaired) electrons. The highest BCUT2D eigenvalue weighted by molar-refractivity contribution is 7.57. The molecule has 1 atom stereocenters. The zero-order valence-corrected chi connectivity index (χ0v) is 17.4. The van der Waals surface area contributed by atoms with Gasteiger partial charge in [-0.25, -0.2) is 0 Å². The van der Waals surface area contributed by atoms with Crippen LogP contribution in [0.3, 0.4) is 0 Å². The van der Waals surface area contributed by atoms with Gasteiger partial charge < -0.3 is 19.5 Å². The Morgan fingerprint density at radius 3 is 2.33 bits per heavy atom. The van der Waals surface area contributed by atoms with Crippen LogP contribution in [-0.2, 0) is 24.8 Å². The number of phenolic OH excluding ortho intramolecular Hbond substituents is 1. The zero-order chi connectivity index (χ0) is 20.1. The van der Waals surface area contributed by atoms with E-state index in [4.69, 9.17) is 9.05 Å². The zero-order valence-electron chi connectivity index (χ0n) is 16.5. The van der Waals surface area contributed by atoms with E-state index in [1.54, 1.807) is 44.2 Å². The molecule has 0 aliphatic heterocycles. The third-order valence-electron chi connectivity index (χ3n) is 3.86. The largest absolute Gasteiger partial charge is 0.508 e. The Morgan fingerprint density at radius 1 is 1.15 bits per heavy atom. The summed E-state index contributed by atoms with van der Waals surface area (Å²) in [6.07, 6.45) is 5.55. The van der Waals surface area contributed by atoms with Crippen LogP contribution >= 0.6 is 7.60 Å². The number of carbonyl (C=O) groups excluding carboxylic acids is 1. The molecular weight excluding hydrogens is 365 g/mol. The number of nitrogens with one attached hydrogen (secondary N) is 1. The van der Waals surface area contributed by atoms with Crippen molar-refractivity contribution in [2.24, 2.45) is 0 Å². The van der Waals surface area contributed by atoms with Crippen LogP contribution in [-0.4, -0.2) is 30.3 Å². The molecule has 1 aromatic rings. The topological polar surface area (TPSA) is 84.9 Å². The highest BCUT2D eigenvalue weighted by Crippen LogP contribution is 2.49. The molecule has 0 fully saturated rings. The van der Waals surface area contributed by atoms with E-state index in [2.05, 4.69) is 12.2 Å². The lowest BCUT2D eigenvalue weighted by molar-refractivity contribution is -0.121. The molecule has 1 aromatic carbocycles. The molecule has 152 valence electrons. The summed E-state index contributed by atoms with van der Waals surface area (Å²) in [6.45, 7) is 6.14. The molecule has 1 amide bonds. The molecule has 2 N–H and O–H groups in total. The molecule has 6 nitrogen and oxygen atoms in total. The second-order valence-corrected chi connectivity index (χ2v) is 8.11. The first-order valence-electron chi connectivity index (χ1n) is 9.57. The van der Waals surface area contributed by atoms with Crippen LogP contribution in [0.15, 0.2) is 36.2 Å². The van der Waals surface area contributed by atoms with E-state index in [9.17, 15) is 14.5 Å². The van der Waals surface area contributed by atoms with Crippen LogP contribution in [0, 0.1) is 0 Å². The van der Waals surface area contributed by atoms with Gasteiger partial charge in [-0.1, -0.05) is 38.0 Å². The first-order valence-corrected chi connectivity index (χ1v) is 11.2. The summed E-state index contributed by atoms with van der Waals surface area (Å²) in [6, 6.07) is 6.45. The highest BCUT2D eigenvalue weighted by Gasteiger charge is 2.20. The molecule has 0 aliphatic carbocycles. The fourth-order valence-electron chi connectivity index (χ4n) is 2.56. The fourth-order valence-corrected chi connectivity index (χ4v) is 3.95. The summed E-state index contributed by atoms with van der Waals surface area (Å²) in [5.74, 6) is 1.57. The average Bonchev–Trinajstić information content (AvgIpc) is 2.62. The maximum atomic E-state index is 12.6. The van der Waals surface area contributed by atoms with E-state index in [0.29, 0.717) is 12.8 Å². The van der Waals surface area contributed by atoms with Crippen molar-refractivity contribution in [1.29, 1.82) is 0 Å². The minimum atomic E-state index is -3.33. The Balaban J connectivity index is 2.87. The molecule has 0 heterocycles. The SMILES string of the molecule is CCCCCC(=O)N[C@@H](C=CP(=O)(OCC)OCC)Cc1ccc(O)cc1. The van der Waals surface area contributed by atoms with Gasteiger partial charge in [-0.3, -0.25) is 9.36 Å². The molecule has 27 heavy (non-hydrogen) atoms. The summed E-state index contributed by atoms with van der Waals surface area (Å²) < 4.78 is 23.2. The van der Waals surface area contributed by atoms with E-state index >= 15 is 0 Å². The predicted molar refractivity (Wildman–Crippen MR) is 108 cm³/mol. The lowest BCUT2D eigenvalue weighted by Crippen LogP contribution is -2.34. The number of hydrogen-bond donors (Lipinski definition) is 2. The second kappa shape index (κ2) is 12.7. The van der Waals surface area contributed by atoms with E-state index in [-0.39, 0.29) is 30.9 Å². The van der Waals surface area contributed by atoms with Crippen molar-refractivity contribution >= 4 is 13.5 Å². The van der Waals surface area contributed by atoms with Crippen LogP contribution in [0.2, 0.25) is 0 Å². The quantitative estimate of drug-likeness (QED) is 0.370. The first kappa shape index (κ1) is 23.4. The third kappa shape index (κ3) is 9.76. The van der Waals surface area contributed by atoms with Crippen molar-refractivity contribution in [3.8, 4) is 5.75 Å². The Morgan fingerprint density at radius 2 is 1.78 bits per heavy atom. The van der Waals surface area contributed by atoms with Crippen molar-refractivity contribution in [1.82, 2.24) is 5.32 Å². The Kier molecular flexibility index (Phi) is 11.0. The summed E-state index contributed by atoms with van der Waals surface area (Å²) in [7, 11) is -3.33. The predicted octanol–water partition coefficient (Wildman–Crippen LogP) is 4.78. The lowest BCUT2D eigenvalue weighted by atomic mass is 10.1. The van der Waals surface area contributed by atoms with Crippen molar-refractivity contribution in [3.05, 3.63) is 41.7 Å². The van der Waals surface area contributed by atoms with E-state index in [1.165, 1.54) is 5.82 Å². The number of aromatic hydroxyl groups is 1. The van der Waals surface area contributed by atoms with Gasteiger partial charge in [-0.2, -0.15) is 0 Å². The van der Waals surface area contributed by atoms with Crippen molar-refractivity contribution < 1.29 is 23.5 Å². The number of amides is 1. The van der Waals surface area contributed by atoms with Gasteiger partial charge in [0.2, 0.25) is 5.91 Å². The molecular formula is C20H32NO5P. The summed E-state index contributed by atoms with van der Waals surface area (Å²) >= 11 is 0. The second-order valence-electron chi connectivity index (χ2n) is 6.22. The van der Waals surface area contributed by atoms with Gasteiger partial charge in [0.05, 0.1) is 19.3 Å². The van der Waals surface area contributed by atoms with Crippen LogP contribution in [0.5, 0.6) is 5.75 Å². The fraction of sp³-hybridized carbons (Fsp3) is 0.550. The Hall–Kier alpha value is -1.62. The van der Waals surface area contributed by atoms with Crippen molar-refractivity contribution in [2.75, 3.05) is 13.2 Å². The third-order valence-corrected chi connectivity index (χ3v) is 5.64. The number of phenols is 1.